The molecule has 1 saturated heterocycles. The molecular weight excluding hydrogens is 244 g/mol. The van der Waals surface area contributed by atoms with Gasteiger partial charge in [-0.25, -0.2) is 5.84 Å². The highest BCUT2D eigenvalue weighted by Crippen LogP contribution is 2.16. The molecule has 1 aliphatic rings. The van der Waals surface area contributed by atoms with E-state index in [0.717, 1.165) is 39.3 Å². The molecule has 0 radical (unpaired) electrons. The van der Waals surface area contributed by atoms with E-state index in [-0.39, 0.29) is 0 Å². The molecule has 4 N–H and O–H groups in total. The molecule has 0 atom stereocenters. The van der Waals surface area contributed by atoms with Crippen molar-refractivity contribution in [3.8, 4) is 0 Å². The van der Waals surface area contributed by atoms with Gasteiger partial charge in [-0.15, -0.1) is 0 Å². The Hall–Kier alpha value is -1.67. The molecule has 8 nitrogen and oxygen atoms in total. The van der Waals surface area contributed by atoms with Gasteiger partial charge in [0.2, 0.25) is 17.8 Å². The minimum absolute atomic E-state index is 0.408. The third-order valence-corrected chi connectivity index (χ3v) is 3.19. The van der Waals surface area contributed by atoms with Crippen molar-refractivity contribution in [2.75, 3.05) is 54.5 Å². The number of hydrogen-bond donors (Lipinski definition) is 3. The summed E-state index contributed by atoms with van der Waals surface area (Å²) in [6.45, 7) is 9.53. The van der Waals surface area contributed by atoms with Crippen LogP contribution in [-0.4, -0.2) is 54.2 Å². The van der Waals surface area contributed by atoms with Crippen LogP contribution in [0.5, 0.6) is 0 Å². The summed E-state index contributed by atoms with van der Waals surface area (Å²) in [5, 5.41) is 3.31. The zero-order valence-electron chi connectivity index (χ0n) is 11.6. The molecule has 19 heavy (non-hydrogen) atoms. The van der Waals surface area contributed by atoms with E-state index in [4.69, 9.17) is 5.84 Å². The van der Waals surface area contributed by atoms with Gasteiger partial charge in [0.05, 0.1) is 0 Å². The van der Waals surface area contributed by atoms with Gasteiger partial charge in [0.25, 0.3) is 0 Å². The molecule has 8 heteroatoms. The SMILES string of the molecule is CCN(CC)c1nc(NN)nc(N2CCNCC2)n1. The summed E-state index contributed by atoms with van der Waals surface area (Å²) < 4.78 is 0. The lowest BCUT2D eigenvalue weighted by Gasteiger charge is -2.28. The summed E-state index contributed by atoms with van der Waals surface area (Å²) in [4.78, 5) is 17.4. The number of rotatable bonds is 5. The van der Waals surface area contributed by atoms with Crippen LogP contribution in [0.2, 0.25) is 0 Å². The van der Waals surface area contributed by atoms with Crippen LogP contribution in [0.4, 0.5) is 17.8 Å². The largest absolute Gasteiger partial charge is 0.341 e. The summed E-state index contributed by atoms with van der Waals surface area (Å²) >= 11 is 0. The standard InChI is InChI=1S/C11H22N8/c1-3-18(4-2)10-14-9(17-12)15-11(16-10)19-7-5-13-6-8-19/h13H,3-8,12H2,1-2H3,(H,14,15,16,17). The van der Waals surface area contributed by atoms with Crippen LogP contribution in [0.25, 0.3) is 0 Å². The number of hydrogen-bond acceptors (Lipinski definition) is 8. The van der Waals surface area contributed by atoms with E-state index in [9.17, 15) is 0 Å². The van der Waals surface area contributed by atoms with E-state index >= 15 is 0 Å². The number of aromatic nitrogens is 3. The molecule has 0 saturated carbocycles. The topological polar surface area (TPSA) is 95.2 Å². The van der Waals surface area contributed by atoms with Crippen LogP contribution in [-0.2, 0) is 0 Å². The van der Waals surface area contributed by atoms with Gasteiger partial charge < -0.3 is 15.1 Å². The van der Waals surface area contributed by atoms with E-state index in [1.54, 1.807) is 0 Å². The highest BCUT2D eigenvalue weighted by molar-refractivity contribution is 5.45. The quantitative estimate of drug-likeness (QED) is 0.481. The van der Waals surface area contributed by atoms with E-state index in [0.29, 0.717) is 17.8 Å². The zero-order valence-corrected chi connectivity index (χ0v) is 11.6. The molecule has 1 aromatic heterocycles. The maximum atomic E-state index is 5.45. The average Bonchev–Trinajstić information content (AvgIpc) is 2.49. The molecular formula is C11H22N8. The number of anilines is 3. The molecule has 0 aliphatic carbocycles. The van der Waals surface area contributed by atoms with E-state index in [1.165, 1.54) is 0 Å². The van der Waals surface area contributed by atoms with Crippen molar-refractivity contribution in [1.82, 2.24) is 20.3 Å². The minimum atomic E-state index is 0.408. The first kappa shape index (κ1) is 13.8. The first-order chi connectivity index (χ1) is 9.28. The van der Waals surface area contributed by atoms with Crippen LogP contribution in [0.15, 0.2) is 0 Å². The number of hydrazine groups is 1. The van der Waals surface area contributed by atoms with Crippen molar-refractivity contribution in [2.24, 2.45) is 5.84 Å². The van der Waals surface area contributed by atoms with Gasteiger partial charge in [0, 0.05) is 39.3 Å². The van der Waals surface area contributed by atoms with Crippen molar-refractivity contribution in [3.05, 3.63) is 0 Å². The predicted octanol–water partition coefficient (Wildman–Crippen LogP) is -0.587. The van der Waals surface area contributed by atoms with E-state index in [1.807, 2.05) is 0 Å². The zero-order chi connectivity index (χ0) is 13.7. The molecule has 2 rings (SSSR count). The highest BCUT2D eigenvalue weighted by Gasteiger charge is 2.17. The lowest BCUT2D eigenvalue weighted by molar-refractivity contribution is 0.578. The summed E-state index contributed by atoms with van der Waals surface area (Å²) in [7, 11) is 0. The maximum Gasteiger partial charge on any atom is 0.243 e. The molecule has 2 heterocycles. The summed E-state index contributed by atoms with van der Waals surface area (Å²) in [6.07, 6.45) is 0. The average molecular weight is 266 g/mol. The third kappa shape index (κ3) is 3.21. The fourth-order valence-corrected chi connectivity index (χ4v) is 2.07. The number of nitrogen functional groups attached to an aromatic ring is 1. The van der Waals surface area contributed by atoms with Crippen molar-refractivity contribution >= 4 is 17.8 Å². The number of nitrogens with one attached hydrogen (secondary N) is 2. The first-order valence-electron chi connectivity index (χ1n) is 6.71. The Bertz CT molecular complexity index is 400. The molecule has 0 bridgehead atoms. The summed E-state index contributed by atoms with van der Waals surface area (Å²) in [6, 6.07) is 0. The molecule has 0 unspecified atom stereocenters. The Labute approximate surface area is 113 Å². The lowest BCUT2D eigenvalue weighted by Crippen LogP contribution is -2.44. The Morgan fingerprint density at radius 2 is 1.89 bits per heavy atom. The van der Waals surface area contributed by atoms with Crippen LogP contribution in [0.1, 0.15) is 13.8 Å². The molecule has 0 aromatic carbocycles. The van der Waals surface area contributed by atoms with Crippen LogP contribution < -0.4 is 26.4 Å². The highest BCUT2D eigenvalue weighted by atomic mass is 15.4. The van der Waals surface area contributed by atoms with Gasteiger partial charge in [-0.1, -0.05) is 0 Å². The van der Waals surface area contributed by atoms with Crippen molar-refractivity contribution in [1.29, 1.82) is 0 Å². The van der Waals surface area contributed by atoms with Gasteiger partial charge in [-0.3, -0.25) is 5.43 Å². The minimum Gasteiger partial charge on any atom is -0.341 e. The maximum absolute atomic E-state index is 5.45. The van der Waals surface area contributed by atoms with Gasteiger partial charge in [0.1, 0.15) is 0 Å². The molecule has 0 amide bonds. The van der Waals surface area contributed by atoms with Gasteiger partial charge in [-0.2, -0.15) is 15.0 Å². The smallest absolute Gasteiger partial charge is 0.243 e. The summed E-state index contributed by atoms with van der Waals surface area (Å²) in [5.74, 6) is 7.21. The van der Waals surface area contributed by atoms with Gasteiger partial charge in [0.15, 0.2) is 0 Å². The fraction of sp³-hybridized carbons (Fsp3) is 0.727. The number of nitrogens with two attached hydrogens (primary N) is 1. The van der Waals surface area contributed by atoms with Crippen LogP contribution in [0, 0.1) is 0 Å². The van der Waals surface area contributed by atoms with Crippen LogP contribution >= 0.6 is 0 Å². The van der Waals surface area contributed by atoms with Gasteiger partial charge in [-0.05, 0) is 13.8 Å². The monoisotopic (exact) mass is 266 g/mol. The second kappa shape index (κ2) is 6.48. The number of piperazine rings is 1. The van der Waals surface area contributed by atoms with Crippen molar-refractivity contribution < 1.29 is 0 Å². The van der Waals surface area contributed by atoms with Crippen molar-refractivity contribution in [2.45, 2.75) is 13.8 Å². The van der Waals surface area contributed by atoms with Gasteiger partial charge >= 0.3 is 0 Å². The Balaban J connectivity index is 2.29. The first-order valence-corrected chi connectivity index (χ1v) is 6.71. The second-order valence-electron chi connectivity index (χ2n) is 4.31. The predicted molar refractivity (Wildman–Crippen MR) is 76.3 cm³/mol. The third-order valence-electron chi connectivity index (χ3n) is 3.19. The lowest BCUT2D eigenvalue weighted by atomic mass is 10.4. The molecule has 1 fully saturated rings. The molecule has 0 spiro atoms. The Kier molecular flexibility index (Phi) is 4.69. The molecule has 1 aromatic rings. The Morgan fingerprint density at radius 1 is 1.21 bits per heavy atom. The van der Waals surface area contributed by atoms with E-state index < -0.39 is 0 Å². The second-order valence-corrected chi connectivity index (χ2v) is 4.31. The normalized spacial score (nSPS) is 15.4. The van der Waals surface area contributed by atoms with E-state index in [2.05, 4.69) is 49.3 Å². The van der Waals surface area contributed by atoms with Crippen molar-refractivity contribution in [3.63, 3.8) is 0 Å². The molecule has 1 aliphatic heterocycles. The fourth-order valence-electron chi connectivity index (χ4n) is 2.07. The number of nitrogens with zero attached hydrogens (tertiary/aromatic N) is 5. The molecule has 106 valence electrons. The Morgan fingerprint density at radius 3 is 2.47 bits per heavy atom. The summed E-state index contributed by atoms with van der Waals surface area (Å²) in [5.41, 5.74) is 2.52. The van der Waals surface area contributed by atoms with Crippen LogP contribution in [0.3, 0.4) is 0 Å².